The van der Waals surface area contributed by atoms with E-state index in [0.717, 1.165) is 0 Å². The highest BCUT2D eigenvalue weighted by atomic mass is 16.7. The van der Waals surface area contributed by atoms with E-state index in [9.17, 15) is 9.59 Å². The van der Waals surface area contributed by atoms with Gasteiger partial charge in [-0.2, -0.15) is 0 Å². The van der Waals surface area contributed by atoms with Crippen molar-refractivity contribution in [3.63, 3.8) is 0 Å². The van der Waals surface area contributed by atoms with Gasteiger partial charge in [0.05, 0.1) is 17.0 Å². The predicted octanol–water partition coefficient (Wildman–Crippen LogP) is 4.38. The molecule has 1 aliphatic rings. The van der Waals surface area contributed by atoms with Gasteiger partial charge in [-0.25, -0.2) is 9.59 Å². The van der Waals surface area contributed by atoms with Crippen molar-refractivity contribution in [1.82, 2.24) is 0 Å². The van der Waals surface area contributed by atoms with Crippen molar-refractivity contribution in [1.29, 1.82) is 0 Å². The number of benzene rings is 2. The van der Waals surface area contributed by atoms with Crippen LogP contribution in [0.15, 0.2) is 72.8 Å². The third-order valence-electron chi connectivity index (χ3n) is 4.33. The summed E-state index contributed by atoms with van der Waals surface area (Å²) in [7, 11) is 0. The molecule has 0 bridgehead atoms. The summed E-state index contributed by atoms with van der Waals surface area (Å²) in [5.74, 6) is -2.52. The molecule has 3 rings (SSSR count). The maximum atomic E-state index is 12.5. The van der Waals surface area contributed by atoms with Gasteiger partial charge in [-0.3, -0.25) is 0 Å². The van der Waals surface area contributed by atoms with Crippen LogP contribution in [0.3, 0.4) is 0 Å². The van der Waals surface area contributed by atoms with Gasteiger partial charge in [0.15, 0.2) is 0 Å². The molecule has 0 fully saturated rings. The van der Waals surface area contributed by atoms with Crippen molar-refractivity contribution in [3.8, 4) is 0 Å². The molecule has 0 spiro atoms. The Morgan fingerprint density at radius 3 is 1.80 bits per heavy atom. The molecule has 0 heterocycles. The van der Waals surface area contributed by atoms with E-state index in [2.05, 4.69) is 0 Å². The summed E-state index contributed by atoms with van der Waals surface area (Å²) in [5, 5.41) is 0. The third-order valence-corrected chi connectivity index (χ3v) is 4.33. The number of hydrogen-bond donors (Lipinski definition) is 0. The minimum atomic E-state index is -1.30. The van der Waals surface area contributed by atoms with Crippen LogP contribution in [0.25, 0.3) is 0 Å². The lowest BCUT2D eigenvalue weighted by Crippen LogP contribution is -2.46. The summed E-state index contributed by atoms with van der Waals surface area (Å²) < 4.78 is 11.5. The lowest BCUT2D eigenvalue weighted by molar-refractivity contribution is -0.195. The number of rotatable bonds is 4. The van der Waals surface area contributed by atoms with Gasteiger partial charge in [-0.1, -0.05) is 55.5 Å². The second-order valence-corrected chi connectivity index (χ2v) is 6.08. The van der Waals surface area contributed by atoms with Crippen molar-refractivity contribution in [2.75, 3.05) is 0 Å². The summed E-state index contributed by atoms with van der Waals surface area (Å²) in [6, 6.07) is 17.4. The van der Waals surface area contributed by atoms with Crippen molar-refractivity contribution in [2.45, 2.75) is 25.6 Å². The second kappa shape index (κ2) is 7.34. The predicted molar refractivity (Wildman–Crippen MR) is 94.0 cm³/mol. The third kappa shape index (κ3) is 3.79. The first-order valence-electron chi connectivity index (χ1n) is 8.34. The first-order chi connectivity index (χ1) is 12.1. The van der Waals surface area contributed by atoms with E-state index >= 15 is 0 Å². The molecule has 1 unspecified atom stereocenters. The van der Waals surface area contributed by atoms with Crippen LogP contribution in [-0.4, -0.2) is 17.7 Å². The Morgan fingerprint density at radius 2 is 1.36 bits per heavy atom. The van der Waals surface area contributed by atoms with E-state index in [1.165, 1.54) is 0 Å². The number of hydrogen-bond acceptors (Lipinski definition) is 4. The molecule has 2 aromatic carbocycles. The average molecular weight is 336 g/mol. The van der Waals surface area contributed by atoms with Gasteiger partial charge < -0.3 is 9.47 Å². The van der Waals surface area contributed by atoms with E-state index in [-0.39, 0.29) is 5.92 Å². The molecule has 2 aromatic rings. The van der Waals surface area contributed by atoms with Gasteiger partial charge in [0.2, 0.25) is 0 Å². The van der Waals surface area contributed by atoms with Crippen LogP contribution in [0, 0.1) is 5.92 Å². The molecule has 25 heavy (non-hydrogen) atoms. The zero-order valence-corrected chi connectivity index (χ0v) is 14.1. The van der Waals surface area contributed by atoms with Crippen molar-refractivity contribution >= 4 is 11.9 Å². The SMILES string of the molecule is CC1C=CCCC1(OC(=O)c1ccccc1)OC(=O)c1ccccc1. The molecule has 4 nitrogen and oxygen atoms in total. The Morgan fingerprint density at radius 1 is 0.880 bits per heavy atom. The van der Waals surface area contributed by atoms with Crippen molar-refractivity contribution in [2.24, 2.45) is 5.92 Å². The zero-order valence-electron chi connectivity index (χ0n) is 14.1. The normalized spacial score (nSPS) is 18.4. The van der Waals surface area contributed by atoms with Gasteiger partial charge in [-0.05, 0) is 30.7 Å². The Labute approximate surface area is 147 Å². The Balaban J connectivity index is 1.85. The summed E-state index contributed by atoms with van der Waals surface area (Å²) in [5.41, 5.74) is 0.860. The molecule has 0 saturated carbocycles. The minimum Gasteiger partial charge on any atom is -0.418 e. The molecule has 4 heteroatoms. The van der Waals surface area contributed by atoms with E-state index in [1.807, 2.05) is 31.2 Å². The monoisotopic (exact) mass is 336 g/mol. The van der Waals surface area contributed by atoms with Gasteiger partial charge >= 0.3 is 11.9 Å². The van der Waals surface area contributed by atoms with Gasteiger partial charge in [0.1, 0.15) is 0 Å². The summed E-state index contributed by atoms with van der Waals surface area (Å²) in [6.07, 6.45) is 5.03. The highest BCUT2D eigenvalue weighted by molar-refractivity contribution is 5.91. The summed E-state index contributed by atoms with van der Waals surface area (Å²) in [4.78, 5) is 25.1. The van der Waals surface area contributed by atoms with Gasteiger partial charge in [0, 0.05) is 6.42 Å². The molecule has 128 valence electrons. The number of esters is 2. The maximum absolute atomic E-state index is 12.5. The number of ether oxygens (including phenoxy) is 2. The number of carbonyl (C=O) groups is 2. The molecule has 0 N–H and O–H groups in total. The standard InChI is InChI=1S/C21H20O4/c1-16-10-8-9-15-21(16,24-19(22)17-11-4-2-5-12-17)25-20(23)18-13-6-3-7-14-18/h2-8,10-14,16H,9,15H2,1H3. The molecule has 1 atom stereocenters. The lowest BCUT2D eigenvalue weighted by Gasteiger charge is -2.38. The topological polar surface area (TPSA) is 52.6 Å². The van der Waals surface area contributed by atoms with Gasteiger partial charge in [-0.15, -0.1) is 0 Å². The van der Waals surface area contributed by atoms with Crippen LogP contribution >= 0.6 is 0 Å². The fraction of sp³-hybridized carbons (Fsp3) is 0.238. The molecule has 0 radical (unpaired) electrons. The van der Waals surface area contributed by atoms with Crippen LogP contribution in [0.2, 0.25) is 0 Å². The largest absolute Gasteiger partial charge is 0.418 e. The lowest BCUT2D eigenvalue weighted by atomic mass is 9.90. The Kier molecular flexibility index (Phi) is 4.98. The highest BCUT2D eigenvalue weighted by Gasteiger charge is 2.44. The average Bonchev–Trinajstić information content (AvgIpc) is 2.65. The van der Waals surface area contributed by atoms with Crippen LogP contribution in [-0.2, 0) is 9.47 Å². The number of carbonyl (C=O) groups excluding carboxylic acids is 2. The second-order valence-electron chi connectivity index (χ2n) is 6.08. The smallest absolute Gasteiger partial charge is 0.341 e. The molecular weight excluding hydrogens is 316 g/mol. The highest BCUT2D eigenvalue weighted by Crippen LogP contribution is 2.35. The Hall–Kier alpha value is -2.88. The Bertz CT molecular complexity index is 711. The molecule has 0 aliphatic heterocycles. The quantitative estimate of drug-likeness (QED) is 0.472. The fourth-order valence-corrected chi connectivity index (χ4v) is 2.85. The van der Waals surface area contributed by atoms with E-state index in [4.69, 9.17) is 9.47 Å². The molecule has 0 aromatic heterocycles. The van der Waals surface area contributed by atoms with Crippen LogP contribution in [0.1, 0.15) is 40.5 Å². The number of allylic oxidation sites excluding steroid dienone is 1. The van der Waals surface area contributed by atoms with Crippen LogP contribution < -0.4 is 0 Å². The van der Waals surface area contributed by atoms with Crippen molar-refractivity contribution < 1.29 is 19.1 Å². The van der Waals surface area contributed by atoms with Crippen LogP contribution in [0.4, 0.5) is 0 Å². The fourth-order valence-electron chi connectivity index (χ4n) is 2.85. The summed E-state index contributed by atoms with van der Waals surface area (Å²) in [6.45, 7) is 1.88. The molecular formula is C21H20O4. The van der Waals surface area contributed by atoms with E-state index in [1.54, 1.807) is 48.5 Å². The van der Waals surface area contributed by atoms with Crippen molar-refractivity contribution in [3.05, 3.63) is 83.9 Å². The maximum Gasteiger partial charge on any atom is 0.341 e. The first kappa shape index (κ1) is 17.0. The minimum absolute atomic E-state index is 0.235. The summed E-state index contributed by atoms with van der Waals surface area (Å²) >= 11 is 0. The van der Waals surface area contributed by atoms with Gasteiger partial charge in [0.25, 0.3) is 5.79 Å². The van der Waals surface area contributed by atoms with E-state index in [0.29, 0.717) is 24.0 Å². The van der Waals surface area contributed by atoms with E-state index < -0.39 is 17.7 Å². The molecule has 0 saturated heterocycles. The van der Waals surface area contributed by atoms with Crippen LogP contribution in [0.5, 0.6) is 0 Å². The zero-order chi connectivity index (χ0) is 17.7. The molecule has 1 aliphatic carbocycles. The first-order valence-corrected chi connectivity index (χ1v) is 8.34. The molecule has 0 amide bonds.